The van der Waals surface area contributed by atoms with Gasteiger partial charge < -0.3 is 15.1 Å². The summed E-state index contributed by atoms with van der Waals surface area (Å²) in [6.45, 7) is 4.80. The summed E-state index contributed by atoms with van der Waals surface area (Å²) in [7, 11) is 2.00. The van der Waals surface area contributed by atoms with E-state index in [0.717, 1.165) is 30.8 Å². The van der Waals surface area contributed by atoms with Crippen molar-refractivity contribution < 1.29 is 18.0 Å². The van der Waals surface area contributed by atoms with Gasteiger partial charge in [0.1, 0.15) is 0 Å². The van der Waals surface area contributed by atoms with Gasteiger partial charge in [-0.1, -0.05) is 18.2 Å². The highest BCUT2D eigenvalue weighted by Gasteiger charge is 2.32. The molecule has 0 atom stereocenters. The van der Waals surface area contributed by atoms with Crippen LogP contribution in [0.25, 0.3) is 0 Å². The van der Waals surface area contributed by atoms with E-state index in [4.69, 9.17) is 0 Å². The number of halogens is 3. The van der Waals surface area contributed by atoms with Crippen molar-refractivity contribution >= 4 is 17.3 Å². The maximum absolute atomic E-state index is 13.2. The van der Waals surface area contributed by atoms with Crippen molar-refractivity contribution in [2.24, 2.45) is 0 Å². The van der Waals surface area contributed by atoms with Gasteiger partial charge in [-0.3, -0.25) is 4.79 Å². The highest BCUT2D eigenvalue weighted by Crippen LogP contribution is 2.36. The van der Waals surface area contributed by atoms with Crippen LogP contribution in [-0.2, 0) is 6.18 Å². The quantitative estimate of drug-likeness (QED) is 0.878. The lowest BCUT2D eigenvalue weighted by Crippen LogP contribution is -2.44. The number of carbonyl (C=O) groups excluding carboxylic acids is 1. The standard InChI is InChI=1S/C20H22F3N3O/c1-14-5-3-4-6-16(14)19(27)24-17-13-15(20(21,22)23)7-8-18(17)26-11-9-25(2)10-12-26/h3-8,13H,9-12H2,1-2H3,(H,24,27). The van der Waals surface area contributed by atoms with Crippen LogP contribution in [0.3, 0.4) is 0 Å². The number of carbonyl (C=O) groups is 1. The fourth-order valence-corrected chi connectivity index (χ4v) is 3.15. The molecule has 1 fully saturated rings. The summed E-state index contributed by atoms with van der Waals surface area (Å²) in [6, 6.07) is 10.5. The number of hydrogen-bond donors (Lipinski definition) is 1. The Morgan fingerprint density at radius 3 is 2.33 bits per heavy atom. The highest BCUT2D eigenvalue weighted by molar-refractivity contribution is 6.06. The summed E-state index contributed by atoms with van der Waals surface area (Å²) >= 11 is 0. The largest absolute Gasteiger partial charge is 0.416 e. The van der Waals surface area contributed by atoms with E-state index in [-0.39, 0.29) is 5.69 Å². The Hall–Kier alpha value is -2.54. The Morgan fingerprint density at radius 2 is 1.70 bits per heavy atom. The summed E-state index contributed by atoms with van der Waals surface area (Å²) in [4.78, 5) is 16.8. The zero-order chi connectivity index (χ0) is 19.6. The van der Waals surface area contributed by atoms with Crippen LogP contribution < -0.4 is 10.2 Å². The van der Waals surface area contributed by atoms with E-state index in [0.29, 0.717) is 24.3 Å². The fourth-order valence-electron chi connectivity index (χ4n) is 3.15. The van der Waals surface area contributed by atoms with Gasteiger partial charge in [0.05, 0.1) is 16.9 Å². The second kappa shape index (κ2) is 7.60. The van der Waals surface area contributed by atoms with Crippen molar-refractivity contribution in [3.63, 3.8) is 0 Å². The molecule has 1 saturated heterocycles. The number of nitrogens with zero attached hydrogens (tertiary/aromatic N) is 2. The molecule has 0 spiro atoms. The van der Waals surface area contributed by atoms with E-state index in [9.17, 15) is 18.0 Å². The van der Waals surface area contributed by atoms with Crippen LogP contribution >= 0.6 is 0 Å². The molecule has 1 N–H and O–H groups in total. The number of likely N-dealkylation sites (N-methyl/N-ethyl adjacent to an activating group) is 1. The number of amides is 1. The van der Waals surface area contributed by atoms with Gasteiger partial charge in [0.25, 0.3) is 5.91 Å². The van der Waals surface area contributed by atoms with Crippen molar-refractivity contribution in [1.82, 2.24) is 4.90 Å². The van der Waals surface area contributed by atoms with Crippen molar-refractivity contribution in [2.75, 3.05) is 43.4 Å². The maximum atomic E-state index is 13.2. The molecule has 0 aliphatic carbocycles. The third-order valence-corrected chi connectivity index (χ3v) is 4.81. The molecule has 1 aliphatic heterocycles. The third kappa shape index (κ3) is 4.42. The topological polar surface area (TPSA) is 35.6 Å². The molecule has 0 bridgehead atoms. The van der Waals surface area contributed by atoms with Crippen molar-refractivity contribution in [1.29, 1.82) is 0 Å². The zero-order valence-electron chi connectivity index (χ0n) is 15.3. The number of nitrogens with one attached hydrogen (secondary N) is 1. The minimum atomic E-state index is -4.47. The Kier molecular flexibility index (Phi) is 5.41. The number of aryl methyl sites for hydroxylation is 1. The summed E-state index contributed by atoms with van der Waals surface area (Å²) in [6.07, 6.45) is -4.47. The van der Waals surface area contributed by atoms with E-state index in [1.807, 2.05) is 18.0 Å². The molecular formula is C20H22F3N3O. The van der Waals surface area contributed by atoms with Crippen LogP contribution in [0, 0.1) is 6.92 Å². The molecule has 0 radical (unpaired) electrons. The van der Waals surface area contributed by atoms with Crippen LogP contribution in [0.4, 0.5) is 24.5 Å². The van der Waals surface area contributed by atoms with E-state index >= 15 is 0 Å². The number of hydrogen-bond acceptors (Lipinski definition) is 3. The minimum absolute atomic E-state index is 0.183. The van der Waals surface area contributed by atoms with E-state index in [1.54, 1.807) is 25.1 Å². The first kappa shape index (κ1) is 19.2. The average molecular weight is 377 g/mol. The molecule has 1 amide bonds. The SMILES string of the molecule is Cc1ccccc1C(=O)Nc1cc(C(F)(F)F)ccc1N1CCN(C)CC1. The van der Waals surface area contributed by atoms with Crippen molar-refractivity contribution in [3.05, 3.63) is 59.2 Å². The van der Waals surface area contributed by atoms with Gasteiger partial charge in [0, 0.05) is 31.7 Å². The van der Waals surface area contributed by atoms with Gasteiger partial charge in [-0.15, -0.1) is 0 Å². The first-order chi connectivity index (χ1) is 12.8. The number of alkyl halides is 3. The molecule has 2 aromatic rings. The summed E-state index contributed by atoms with van der Waals surface area (Å²) in [5.74, 6) is -0.414. The Balaban J connectivity index is 1.95. The first-order valence-electron chi connectivity index (χ1n) is 8.77. The Bertz CT molecular complexity index is 827. The molecule has 3 rings (SSSR count). The van der Waals surface area contributed by atoms with Gasteiger partial charge in [-0.25, -0.2) is 0 Å². The maximum Gasteiger partial charge on any atom is 0.416 e. The number of rotatable bonds is 3. The Labute approximate surface area is 156 Å². The van der Waals surface area contributed by atoms with Gasteiger partial charge in [0.2, 0.25) is 0 Å². The summed E-state index contributed by atoms with van der Waals surface area (Å²) in [5.41, 5.74) is 1.23. The number of piperazine rings is 1. The van der Waals surface area contributed by atoms with Gasteiger partial charge in [-0.05, 0) is 43.8 Å². The zero-order valence-corrected chi connectivity index (χ0v) is 15.3. The molecule has 144 valence electrons. The van der Waals surface area contributed by atoms with E-state index in [2.05, 4.69) is 10.2 Å². The number of anilines is 2. The lowest BCUT2D eigenvalue weighted by atomic mass is 10.1. The predicted molar refractivity (Wildman–Crippen MR) is 100 cm³/mol. The minimum Gasteiger partial charge on any atom is -0.367 e. The van der Waals surface area contributed by atoms with Crippen molar-refractivity contribution in [3.8, 4) is 0 Å². The second-order valence-electron chi connectivity index (χ2n) is 6.79. The molecule has 1 heterocycles. The third-order valence-electron chi connectivity index (χ3n) is 4.81. The summed E-state index contributed by atoms with van der Waals surface area (Å²) < 4.78 is 39.6. The van der Waals surface area contributed by atoms with Crippen LogP contribution in [0.2, 0.25) is 0 Å². The second-order valence-corrected chi connectivity index (χ2v) is 6.79. The van der Waals surface area contributed by atoms with Crippen molar-refractivity contribution in [2.45, 2.75) is 13.1 Å². The molecule has 2 aromatic carbocycles. The summed E-state index contributed by atoms with van der Waals surface area (Å²) in [5, 5.41) is 2.69. The van der Waals surface area contributed by atoms with Crippen LogP contribution in [-0.4, -0.2) is 44.0 Å². The smallest absolute Gasteiger partial charge is 0.367 e. The lowest BCUT2D eigenvalue weighted by Gasteiger charge is -2.35. The fraction of sp³-hybridized carbons (Fsp3) is 0.350. The van der Waals surface area contributed by atoms with Crippen LogP contribution in [0.5, 0.6) is 0 Å². The average Bonchev–Trinajstić information content (AvgIpc) is 2.62. The molecule has 4 nitrogen and oxygen atoms in total. The number of benzene rings is 2. The Morgan fingerprint density at radius 1 is 1.04 bits per heavy atom. The van der Waals surface area contributed by atoms with Crippen LogP contribution in [0.1, 0.15) is 21.5 Å². The highest BCUT2D eigenvalue weighted by atomic mass is 19.4. The van der Waals surface area contributed by atoms with Crippen LogP contribution in [0.15, 0.2) is 42.5 Å². The van der Waals surface area contributed by atoms with Gasteiger partial charge in [-0.2, -0.15) is 13.2 Å². The normalized spacial score (nSPS) is 15.7. The van der Waals surface area contributed by atoms with Gasteiger partial charge in [0.15, 0.2) is 0 Å². The molecule has 27 heavy (non-hydrogen) atoms. The van der Waals surface area contributed by atoms with E-state index < -0.39 is 17.6 Å². The molecule has 7 heteroatoms. The molecule has 0 saturated carbocycles. The molecule has 0 unspecified atom stereocenters. The molecule has 1 aliphatic rings. The predicted octanol–water partition coefficient (Wildman–Crippen LogP) is 4.02. The molecule has 0 aromatic heterocycles. The lowest BCUT2D eigenvalue weighted by molar-refractivity contribution is -0.137. The van der Waals surface area contributed by atoms with Gasteiger partial charge >= 0.3 is 6.18 Å². The molecular weight excluding hydrogens is 355 g/mol. The van der Waals surface area contributed by atoms with E-state index in [1.165, 1.54) is 6.07 Å². The monoisotopic (exact) mass is 377 g/mol. The first-order valence-corrected chi connectivity index (χ1v) is 8.77.